The summed E-state index contributed by atoms with van der Waals surface area (Å²) in [6.45, 7) is 4.05. The Morgan fingerprint density at radius 3 is 1.69 bits per heavy atom. The molecule has 4 aromatic rings. The number of aryl methyl sites for hydroxylation is 2. The Morgan fingerprint density at radius 1 is 0.793 bits per heavy atom. The number of hydrogen-bond acceptors (Lipinski definition) is 6. The van der Waals surface area contributed by atoms with Crippen molar-refractivity contribution in [1.29, 1.82) is 0 Å². The first-order valence-corrected chi connectivity index (χ1v) is 10.9. The third-order valence-electron chi connectivity index (χ3n) is 4.39. The first-order valence-electron chi connectivity index (χ1n) is 9.30. The minimum absolute atomic E-state index is 0.135. The first kappa shape index (κ1) is 19.5. The van der Waals surface area contributed by atoms with E-state index in [4.69, 9.17) is 0 Å². The van der Waals surface area contributed by atoms with Gasteiger partial charge in [-0.25, -0.2) is 9.97 Å². The number of nitrogens with zero attached hydrogens (tertiary/aromatic N) is 2. The minimum Gasteiger partial charge on any atom is -0.302 e. The number of carbonyl (C=O) groups is 2. The van der Waals surface area contributed by atoms with Gasteiger partial charge in [0.15, 0.2) is 10.3 Å². The fraction of sp³-hybridized carbons (Fsp3) is 0.238. The number of benzene rings is 2. The van der Waals surface area contributed by atoms with Crippen LogP contribution in [0.2, 0.25) is 0 Å². The molecule has 2 amide bonds. The summed E-state index contributed by atoms with van der Waals surface area (Å²) in [7, 11) is 0. The summed E-state index contributed by atoms with van der Waals surface area (Å²) in [5, 5.41) is 6.82. The lowest BCUT2D eigenvalue weighted by molar-refractivity contribution is -0.117. The quantitative estimate of drug-likeness (QED) is 0.442. The molecule has 0 fully saturated rings. The van der Waals surface area contributed by atoms with E-state index in [9.17, 15) is 9.59 Å². The SMILES string of the molecule is Cc1ccc2nc(NC(=O)CCCC(=O)Nc3nc4ccc(C)cc4s3)sc2c1. The normalized spacial score (nSPS) is 11.1. The molecular formula is C21H20N4O2S2. The van der Waals surface area contributed by atoms with Crippen molar-refractivity contribution in [3.63, 3.8) is 0 Å². The van der Waals surface area contributed by atoms with E-state index in [1.807, 2.05) is 38.1 Å². The van der Waals surface area contributed by atoms with Crippen molar-refractivity contribution in [2.75, 3.05) is 10.6 Å². The van der Waals surface area contributed by atoms with Gasteiger partial charge in [-0.1, -0.05) is 34.8 Å². The molecule has 6 nitrogen and oxygen atoms in total. The van der Waals surface area contributed by atoms with Crippen molar-refractivity contribution in [1.82, 2.24) is 9.97 Å². The van der Waals surface area contributed by atoms with Crippen LogP contribution in [0.15, 0.2) is 36.4 Å². The molecule has 0 aliphatic heterocycles. The largest absolute Gasteiger partial charge is 0.302 e. The lowest BCUT2D eigenvalue weighted by atomic mass is 10.2. The van der Waals surface area contributed by atoms with Gasteiger partial charge in [-0.3, -0.25) is 9.59 Å². The maximum Gasteiger partial charge on any atom is 0.226 e. The van der Waals surface area contributed by atoms with Crippen LogP contribution < -0.4 is 10.6 Å². The molecular weight excluding hydrogens is 404 g/mol. The molecule has 0 saturated heterocycles. The second kappa shape index (κ2) is 8.26. The van der Waals surface area contributed by atoms with Crippen LogP contribution in [0.5, 0.6) is 0 Å². The van der Waals surface area contributed by atoms with Crippen LogP contribution in [0.3, 0.4) is 0 Å². The number of rotatable bonds is 6. The number of aromatic nitrogens is 2. The van der Waals surface area contributed by atoms with E-state index in [-0.39, 0.29) is 24.7 Å². The van der Waals surface area contributed by atoms with Crippen LogP contribution >= 0.6 is 22.7 Å². The zero-order valence-electron chi connectivity index (χ0n) is 16.1. The summed E-state index contributed by atoms with van der Waals surface area (Å²) in [4.78, 5) is 33.2. The number of fused-ring (bicyclic) bond motifs is 2. The first-order chi connectivity index (χ1) is 14.0. The van der Waals surface area contributed by atoms with Gasteiger partial charge >= 0.3 is 0 Å². The zero-order valence-corrected chi connectivity index (χ0v) is 17.7. The number of carbonyl (C=O) groups excluding carboxylic acids is 2. The Hall–Kier alpha value is -2.84. The predicted octanol–water partition coefficient (Wildman–Crippen LogP) is 5.27. The number of nitrogens with one attached hydrogen (secondary N) is 2. The minimum atomic E-state index is -0.135. The van der Waals surface area contributed by atoms with Crippen LogP contribution in [0.4, 0.5) is 10.3 Å². The van der Waals surface area contributed by atoms with Crippen LogP contribution in [0.25, 0.3) is 20.4 Å². The van der Waals surface area contributed by atoms with Gasteiger partial charge in [0.1, 0.15) is 0 Å². The van der Waals surface area contributed by atoms with Crippen molar-refractivity contribution < 1.29 is 9.59 Å². The van der Waals surface area contributed by atoms with Gasteiger partial charge in [-0.2, -0.15) is 0 Å². The van der Waals surface area contributed by atoms with E-state index in [2.05, 4.69) is 32.7 Å². The van der Waals surface area contributed by atoms with E-state index in [1.165, 1.54) is 22.7 Å². The van der Waals surface area contributed by atoms with Crippen molar-refractivity contribution in [3.8, 4) is 0 Å². The Bertz CT molecular complexity index is 1120. The molecule has 148 valence electrons. The number of anilines is 2. The molecule has 2 N–H and O–H groups in total. The molecule has 0 unspecified atom stereocenters. The van der Waals surface area contributed by atoms with Gasteiger partial charge < -0.3 is 10.6 Å². The predicted molar refractivity (Wildman–Crippen MR) is 120 cm³/mol. The van der Waals surface area contributed by atoms with E-state index < -0.39 is 0 Å². The monoisotopic (exact) mass is 424 g/mol. The summed E-state index contributed by atoms with van der Waals surface area (Å²) in [6, 6.07) is 12.0. The maximum atomic E-state index is 12.2. The number of hydrogen-bond donors (Lipinski definition) is 2. The Labute approximate surface area is 176 Å². The third-order valence-corrected chi connectivity index (χ3v) is 6.26. The fourth-order valence-corrected chi connectivity index (χ4v) is 4.90. The van der Waals surface area contributed by atoms with Gasteiger partial charge in [-0.15, -0.1) is 0 Å². The van der Waals surface area contributed by atoms with Gasteiger partial charge in [0.25, 0.3) is 0 Å². The van der Waals surface area contributed by atoms with Gasteiger partial charge in [0.05, 0.1) is 20.4 Å². The van der Waals surface area contributed by atoms with Crippen LogP contribution in [-0.2, 0) is 9.59 Å². The molecule has 0 bridgehead atoms. The second-order valence-electron chi connectivity index (χ2n) is 6.93. The molecule has 0 spiro atoms. The van der Waals surface area contributed by atoms with Crippen molar-refractivity contribution in [2.24, 2.45) is 0 Å². The van der Waals surface area contributed by atoms with Crippen molar-refractivity contribution in [2.45, 2.75) is 33.1 Å². The van der Waals surface area contributed by atoms with Crippen molar-refractivity contribution in [3.05, 3.63) is 47.5 Å². The van der Waals surface area contributed by atoms with Crippen LogP contribution in [-0.4, -0.2) is 21.8 Å². The lowest BCUT2D eigenvalue weighted by Gasteiger charge is -2.02. The summed E-state index contributed by atoms with van der Waals surface area (Å²) in [5.41, 5.74) is 4.07. The van der Waals surface area contributed by atoms with Crippen LogP contribution in [0.1, 0.15) is 30.4 Å². The standard InChI is InChI=1S/C21H20N4O2S2/c1-12-6-8-14-16(10-12)28-20(22-14)24-18(26)4-3-5-19(27)25-21-23-15-9-7-13(2)11-17(15)29-21/h6-11H,3-5H2,1-2H3,(H,22,24,26)(H,23,25,27). The highest BCUT2D eigenvalue weighted by molar-refractivity contribution is 7.22. The van der Waals surface area contributed by atoms with Crippen molar-refractivity contribution >= 4 is 65.2 Å². The molecule has 0 atom stereocenters. The zero-order chi connectivity index (χ0) is 20.4. The highest BCUT2D eigenvalue weighted by Crippen LogP contribution is 2.28. The average molecular weight is 425 g/mol. The fourth-order valence-electron chi connectivity index (χ4n) is 2.94. The summed E-state index contributed by atoms with van der Waals surface area (Å²) in [6.07, 6.45) is 0.995. The van der Waals surface area contributed by atoms with E-state index >= 15 is 0 Å². The molecule has 8 heteroatoms. The average Bonchev–Trinajstić information content (AvgIpc) is 3.23. The Morgan fingerprint density at radius 2 is 1.24 bits per heavy atom. The van der Waals surface area contributed by atoms with E-state index in [1.54, 1.807) is 0 Å². The molecule has 0 saturated carbocycles. The molecule has 0 aliphatic rings. The Balaban J connectivity index is 1.26. The summed E-state index contributed by atoms with van der Waals surface area (Å²) < 4.78 is 2.09. The molecule has 0 radical (unpaired) electrons. The topological polar surface area (TPSA) is 84.0 Å². The van der Waals surface area contributed by atoms with E-state index in [0.717, 1.165) is 31.6 Å². The molecule has 29 heavy (non-hydrogen) atoms. The van der Waals surface area contributed by atoms with Gasteiger partial charge in [0.2, 0.25) is 11.8 Å². The molecule has 4 rings (SSSR count). The highest BCUT2D eigenvalue weighted by atomic mass is 32.1. The summed E-state index contributed by atoms with van der Waals surface area (Å²) in [5.74, 6) is -0.270. The maximum absolute atomic E-state index is 12.2. The molecule has 2 heterocycles. The van der Waals surface area contributed by atoms with Gasteiger partial charge in [0, 0.05) is 12.8 Å². The Kier molecular flexibility index (Phi) is 5.55. The molecule has 2 aromatic heterocycles. The number of thiazole rings is 2. The van der Waals surface area contributed by atoms with Crippen LogP contribution in [0, 0.1) is 13.8 Å². The molecule has 2 aromatic carbocycles. The van der Waals surface area contributed by atoms with Gasteiger partial charge in [-0.05, 0) is 55.7 Å². The number of amides is 2. The smallest absolute Gasteiger partial charge is 0.226 e. The highest BCUT2D eigenvalue weighted by Gasteiger charge is 2.11. The lowest BCUT2D eigenvalue weighted by Crippen LogP contribution is -2.14. The summed E-state index contributed by atoms with van der Waals surface area (Å²) >= 11 is 2.91. The second-order valence-corrected chi connectivity index (χ2v) is 8.99. The third kappa shape index (κ3) is 4.78. The molecule has 0 aliphatic carbocycles. The van der Waals surface area contributed by atoms with E-state index in [0.29, 0.717) is 16.7 Å².